The van der Waals surface area contributed by atoms with Gasteiger partial charge in [-0.05, 0) is 18.8 Å². The molecule has 1 fully saturated rings. The molecule has 1 N–H and O–H groups in total. The molecule has 0 unspecified atom stereocenters. The molecule has 1 saturated heterocycles. The maximum absolute atomic E-state index is 11.6. The maximum atomic E-state index is 11.6. The van der Waals surface area contributed by atoms with Crippen LogP contribution in [0.2, 0.25) is 0 Å². The first-order valence-corrected chi connectivity index (χ1v) is 9.00. The summed E-state index contributed by atoms with van der Waals surface area (Å²) in [4.78, 5) is 25.0. The summed E-state index contributed by atoms with van der Waals surface area (Å²) in [6.45, 7) is 13.9. The Morgan fingerprint density at radius 3 is 2.09 bits per heavy atom. The average molecular weight is 333 g/mol. The number of amides is 2. The summed E-state index contributed by atoms with van der Waals surface area (Å²) in [7, 11) is 1.52. The Labute approximate surface area is 144 Å². The van der Waals surface area contributed by atoms with Gasteiger partial charge >= 0.3 is 0 Å². The largest absolute Gasteiger partial charge is 0.375 e. The zero-order valence-electron chi connectivity index (χ0n) is 16.3. The van der Waals surface area contributed by atoms with Crippen LogP contribution in [0, 0.1) is 5.92 Å². The first kappa shape index (κ1) is 24.2. The van der Waals surface area contributed by atoms with Crippen molar-refractivity contribution in [3.05, 3.63) is 0 Å². The highest BCUT2D eigenvalue weighted by Crippen LogP contribution is 2.11. The topological polar surface area (TPSA) is 58.6 Å². The number of carbonyl (C=O) groups is 2. The van der Waals surface area contributed by atoms with Crippen molar-refractivity contribution in [3.63, 3.8) is 0 Å². The highest BCUT2D eigenvalue weighted by Gasteiger charge is 2.23. The third-order valence-corrected chi connectivity index (χ3v) is 3.07. The molecule has 0 aromatic carbocycles. The van der Waals surface area contributed by atoms with E-state index in [1.807, 2.05) is 27.7 Å². The summed E-state index contributed by atoms with van der Waals surface area (Å²) in [6.07, 6.45) is 3.49. The molecule has 2 amide bonds. The molecule has 0 aromatic heterocycles. The fraction of sp³-hybridized carbons (Fsp3) is 0.889. The number of likely N-dealkylation sites (tertiary alicyclic amines) is 1. The zero-order valence-corrected chi connectivity index (χ0v) is 16.3. The molecule has 0 bridgehead atoms. The van der Waals surface area contributed by atoms with E-state index in [9.17, 15) is 9.59 Å². The first-order chi connectivity index (χ1) is 10.9. The number of rotatable bonds is 5. The lowest BCUT2D eigenvalue weighted by molar-refractivity contribution is -0.136. The van der Waals surface area contributed by atoms with E-state index in [0.717, 1.165) is 12.8 Å². The van der Waals surface area contributed by atoms with Gasteiger partial charge in [-0.1, -0.05) is 48.0 Å². The van der Waals surface area contributed by atoms with Crippen molar-refractivity contribution in [2.75, 3.05) is 26.8 Å². The number of piperidine rings is 1. The van der Waals surface area contributed by atoms with Crippen LogP contribution in [-0.4, -0.2) is 49.6 Å². The molecule has 140 valence electrons. The van der Waals surface area contributed by atoms with Gasteiger partial charge in [0.05, 0.1) is 0 Å². The molecular weight excluding hydrogens is 292 g/mol. The van der Waals surface area contributed by atoms with E-state index in [2.05, 4.69) is 19.2 Å². The van der Waals surface area contributed by atoms with E-state index in [0.29, 0.717) is 25.4 Å². The molecule has 1 heterocycles. The Bertz CT molecular complexity index is 305. The lowest BCUT2D eigenvalue weighted by atomic mass is 10.0. The maximum Gasteiger partial charge on any atom is 0.248 e. The molecular formula is C18H40N2O3. The van der Waals surface area contributed by atoms with Gasteiger partial charge in [0.1, 0.15) is 6.61 Å². The predicted molar refractivity (Wildman–Crippen MR) is 98.5 cm³/mol. The van der Waals surface area contributed by atoms with Crippen LogP contribution in [0.15, 0.2) is 0 Å². The van der Waals surface area contributed by atoms with Gasteiger partial charge in [0.25, 0.3) is 0 Å². The summed E-state index contributed by atoms with van der Waals surface area (Å²) >= 11 is 0. The predicted octanol–water partition coefficient (Wildman–Crippen LogP) is 3.47. The van der Waals surface area contributed by atoms with Crippen LogP contribution in [0.1, 0.15) is 68.7 Å². The second kappa shape index (κ2) is 15.8. The number of hydrogen-bond donors (Lipinski definition) is 1. The minimum Gasteiger partial charge on any atom is -0.375 e. The Morgan fingerprint density at radius 1 is 1.22 bits per heavy atom. The van der Waals surface area contributed by atoms with Gasteiger partial charge in [0.2, 0.25) is 11.8 Å². The number of carbonyl (C=O) groups excluding carboxylic acids is 2. The summed E-state index contributed by atoms with van der Waals surface area (Å²) in [5.41, 5.74) is 0. The summed E-state index contributed by atoms with van der Waals surface area (Å²) in [5, 5.41) is 3.03. The molecule has 1 rings (SSSR count). The van der Waals surface area contributed by atoms with Crippen molar-refractivity contribution in [3.8, 4) is 0 Å². The van der Waals surface area contributed by atoms with E-state index in [1.54, 1.807) is 4.90 Å². The average Bonchev–Trinajstić information content (AvgIpc) is 2.50. The Kier molecular flexibility index (Phi) is 16.6. The van der Waals surface area contributed by atoms with Crippen LogP contribution in [0.3, 0.4) is 0 Å². The monoisotopic (exact) mass is 332 g/mol. The van der Waals surface area contributed by atoms with Crippen molar-refractivity contribution >= 4 is 11.8 Å². The van der Waals surface area contributed by atoms with E-state index in [-0.39, 0.29) is 25.9 Å². The Morgan fingerprint density at radius 2 is 1.70 bits per heavy atom. The van der Waals surface area contributed by atoms with Gasteiger partial charge in [0.15, 0.2) is 0 Å². The number of hydrogen-bond acceptors (Lipinski definition) is 3. The molecule has 0 aliphatic carbocycles. The summed E-state index contributed by atoms with van der Waals surface area (Å²) in [6, 6.07) is 0.211. The third-order valence-electron chi connectivity index (χ3n) is 3.07. The lowest BCUT2D eigenvalue weighted by Crippen LogP contribution is -2.47. The summed E-state index contributed by atoms with van der Waals surface area (Å²) in [5.74, 6) is 0.532. The van der Waals surface area contributed by atoms with Crippen molar-refractivity contribution in [1.82, 2.24) is 10.2 Å². The molecule has 0 spiro atoms. The molecule has 1 aliphatic heterocycles. The van der Waals surface area contributed by atoms with Crippen LogP contribution >= 0.6 is 0 Å². The van der Waals surface area contributed by atoms with Gasteiger partial charge in [0, 0.05) is 34.1 Å². The van der Waals surface area contributed by atoms with E-state index in [4.69, 9.17) is 4.74 Å². The Balaban J connectivity index is -0.000000660. The van der Waals surface area contributed by atoms with Crippen molar-refractivity contribution in [1.29, 1.82) is 0 Å². The molecule has 1 aliphatic rings. The van der Waals surface area contributed by atoms with Crippen molar-refractivity contribution in [2.45, 2.75) is 73.3 Å². The number of ether oxygens (including phenoxy) is 1. The fourth-order valence-electron chi connectivity index (χ4n) is 2.15. The minimum atomic E-state index is 0. The molecule has 23 heavy (non-hydrogen) atoms. The van der Waals surface area contributed by atoms with Gasteiger partial charge in [-0.25, -0.2) is 0 Å². The smallest absolute Gasteiger partial charge is 0.248 e. The van der Waals surface area contributed by atoms with Crippen LogP contribution in [0.5, 0.6) is 0 Å². The van der Waals surface area contributed by atoms with Gasteiger partial charge < -0.3 is 15.0 Å². The fourth-order valence-corrected chi connectivity index (χ4v) is 2.15. The number of nitrogens with zero attached hydrogens (tertiary/aromatic N) is 1. The second-order valence-corrected chi connectivity index (χ2v) is 5.96. The molecule has 0 atom stereocenters. The second-order valence-electron chi connectivity index (χ2n) is 5.96. The number of methoxy groups -OCH3 is 1. The van der Waals surface area contributed by atoms with Gasteiger partial charge in [-0.3, -0.25) is 9.59 Å². The molecule has 0 saturated carbocycles. The Hall–Kier alpha value is -1.10. The van der Waals surface area contributed by atoms with E-state index < -0.39 is 0 Å². The SMILES string of the molecule is CC.CCC.COCC(=O)N1CCC(NC(=O)CC(C)C)CC1.[HH]. The van der Waals surface area contributed by atoms with Gasteiger partial charge in [-0.15, -0.1) is 0 Å². The molecule has 5 heteroatoms. The molecule has 0 aromatic rings. The van der Waals surface area contributed by atoms with E-state index in [1.165, 1.54) is 13.5 Å². The minimum absolute atomic E-state index is 0. The van der Waals surface area contributed by atoms with Crippen molar-refractivity contribution < 1.29 is 15.8 Å². The summed E-state index contributed by atoms with van der Waals surface area (Å²) < 4.78 is 4.83. The normalized spacial score (nSPS) is 14.3. The van der Waals surface area contributed by atoms with Crippen LogP contribution in [0.4, 0.5) is 0 Å². The van der Waals surface area contributed by atoms with E-state index >= 15 is 0 Å². The number of nitrogens with one attached hydrogen (secondary N) is 1. The highest BCUT2D eigenvalue weighted by atomic mass is 16.5. The standard InChI is InChI=1S/C13H24N2O3.C3H8.C2H6.H2/c1-10(2)8-12(16)14-11-4-6-15(7-5-11)13(17)9-18-3;1-3-2;1-2;/h10-11H,4-9H2,1-3H3,(H,14,16);3H2,1-2H3;1-2H3;1H. The van der Waals surface area contributed by atoms with Crippen molar-refractivity contribution in [2.24, 2.45) is 5.92 Å². The first-order valence-electron chi connectivity index (χ1n) is 9.00. The quantitative estimate of drug-likeness (QED) is 0.838. The molecule has 0 radical (unpaired) electrons. The lowest BCUT2D eigenvalue weighted by Gasteiger charge is -2.32. The third kappa shape index (κ3) is 13.1. The molecule has 5 nitrogen and oxygen atoms in total. The van der Waals surface area contributed by atoms with Crippen LogP contribution < -0.4 is 5.32 Å². The zero-order chi connectivity index (χ0) is 18.3. The van der Waals surface area contributed by atoms with Crippen LogP contribution in [0.25, 0.3) is 0 Å². The van der Waals surface area contributed by atoms with Crippen LogP contribution in [-0.2, 0) is 14.3 Å². The van der Waals surface area contributed by atoms with Gasteiger partial charge in [-0.2, -0.15) is 0 Å². The highest BCUT2D eigenvalue weighted by molar-refractivity contribution is 5.78.